The summed E-state index contributed by atoms with van der Waals surface area (Å²) < 4.78 is 38.9. The van der Waals surface area contributed by atoms with E-state index in [1.54, 1.807) is 7.11 Å². The molecule has 3 aliphatic heterocycles. The molecule has 1 aromatic rings. The maximum Gasteiger partial charge on any atom is 0.490 e. The maximum absolute atomic E-state index is 13.1. The highest BCUT2D eigenvalue weighted by atomic mass is 19.4. The van der Waals surface area contributed by atoms with Crippen molar-refractivity contribution in [1.82, 2.24) is 30.3 Å². The van der Waals surface area contributed by atoms with Gasteiger partial charge in [-0.2, -0.15) is 13.2 Å². The van der Waals surface area contributed by atoms with Gasteiger partial charge in [0.1, 0.15) is 6.61 Å². The molecular formula is C17H23F3N6O5. The number of aromatic nitrogens is 3. The monoisotopic (exact) mass is 448 g/mol. The van der Waals surface area contributed by atoms with Crippen LogP contribution < -0.4 is 10.6 Å². The maximum atomic E-state index is 13.1. The van der Waals surface area contributed by atoms with Crippen molar-refractivity contribution >= 4 is 17.8 Å². The first-order valence-electron chi connectivity index (χ1n) is 9.53. The molecule has 11 nitrogen and oxygen atoms in total. The molecule has 1 atom stereocenters. The molecule has 14 heteroatoms. The summed E-state index contributed by atoms with van der Waals surface area (Å²) in [6.07, 6.45) is -4.65. The molecule has 0 bridgehead atoms. The van der Waals surface area contributed by atoms with Crippen LogP contribution >= 0.6 is 0 Å². The number of hydrogen-bond donors (Lipinski definition) is 3. The Morgan fingerprint density at radius 1 is 1.29 bits per heavy atom. The number of aliphatic carboxylic acids is 1. The molecule has 0 aliphatic carbocycles. The van der Waals surface area contributed by atoms with Gasteiger partial charge in [0.2, 0.25) is 11.8 Å². The number of methoxy groups -OCH3 is 1. The Hall–Kier alpha value is -2.74. The summed E-state index contributed by atoms with van der Waals surface area (Å²) in [6.45, 7) is 4.09. The largest absolute Gasteiger partial charge is 0.490 e. The zero-order chi connectivity index (χ0) is 22.8. The van der Waals surface area contributed by atoms with E-state index in [-0.39, 0.29) is 23.1 Å². The van der Waals surface area contributed by atoms with Gasteiger partial charge in [-0.05, 0) is 0 Å². The highest BCUT2D eigenvalue weighted by Crippen LogP contribution is 2.39. The van der Waals surface area contributed by atoms with Crippen molar-refractivity contribution < 1.29 is 37.4 Å². The molecule has 0 radical (unpaired) electrons. The lowest BCUT2D eigenvalue weighted by molar-refractivity contribution is -0.192. The van der Waals surface area contributed by atoms with Crippen molar-refractivity contribution in [3.05, 3.63) is 11.6 Å². The molecule has 31 heavy (non-hydrogen) atoms. The number of rotatable bonds is 3. The molecule has 2 amide bonds. The second-order valence-electron chi connectivity index (χ2n) is 7.68. The van der Waals surface area contributed by atoms with Crippen LogP contribution in [0.4, 0.5) is 13.2 Å². The van der Waals surface area contributed by atoms with E-state index in [0.29, 0.717) is 39.2 Å². The van der Waals surface area contributed by atoms with Gasteiger partial charge in [0.15, 0.2) is 11.6 Å². The lowest BCUT2D eigenvalue weighted by Gasteiger charge is -2.50. The summed E-state index contributed by atoms with van der Waals surface area (Å²) in [6, 6.07) is 0. The number of piperidine rings is 1. The number of alkyl halides is 3. The first-order chi connectivity index (χ1) is 14.6. The Kier molecular flexibility index (Phi) is 6.50. The number of nitrogens with zero attached hydrogens (tertiary/aromatic N) is 4. The van der Waals surface area contributed by atoms with Crippen LogP contribution in [-0.4, -0.2) is 82.0 Å². The van der Waals surface area contributed by atoms with E-state index in [0.717, 1.165) is 24.7 Å². The van der Waals surface area contributed by atoms with E-state index in [4.69, 9.17) is 14.6 Å². The minimum absolute atomic E-state index is 0.0446. The third-order valence-corrected chi connectivity index (χ3v) is 5.66. The molecule has 3 aliphatic rings. The van der Waals surface area contributed by atoms with E-state index in [2.05, 4.69) is 20.8 Å². The summed E-state index contributed by atoms with van der Waals surface area (Å²) >= 11 is 0. The number of carboxylic acids is 1. The molecule has 2 fully saturated rings. The van der Waals surface area contributed by atoms with Crippen LogP contribution in [0.25, 0.3) is 0 Å². The van der Waals surface area contributed by atoms with Gasteiger partial charge in [0.05, 0.1) is 12.5 Å². The Morgan fingerprint density at radius 2 is 1.97 bits per heavy atom. The fourth-order valence-electron chi connectivity index (χ4n) is 3.97. The normalized spacial score (nSPS) is 22.0. The minimum atomic E-state index is -5.08. The molecule has 4 rings (SSSR count). The first-order valence-corrected chi connectivity index (χ1v) is 9.53. The van der Waals surface area contributed by atoms with Crippen molar-refractivity contribution in [1.29, 1.82) is 0 Å². The minimum Gasteiger partial charge on any atom is -0.475 e. The molecule has 2 saturated heterocycles. The van der Waals surface area contributed by atoms with Gasteiger partial charge in [-0.15, -0.1) is 10.2 Å². The number of nitrogens with one attached hydrogen (secondary N) is 2. The smallest absolute Gasteiger partial charge is 0.475 e. The number of fused-ring (bicyclic) bond motifs is 1. The lowest BCUT2D eigenvalue weighted by Crippen LogP contribution is -2.67. The van der Waals surface area contributed by atoms with Crippen LogP contribution in [0.2, 0.25) is 0 Å². The topological polar surface area (TPSA) is 139 Å². The fourth-order valence-corrected chi connectivity index (χ4v) is 3.97. The van der Waals surface area contributed by atoms with Crippen LogP contribution in [0, 0.1) is 11.3 Å². The molecule has 172 valence electrons. The fraction of sp³-hybridized carbons (Fsp3) is 0.706. The van der Waals surface area contributed by atoms with Gasteiger partial charge in [-0.1, -0.05) is 0 Å². The lowest BCUT2D eigenvalue weighted by atomic mass is 9.65. The van der Waals surface area contributed by atoms with Gasteiger partial charge in [0, 0.05) is 51.7 Å². The van der Waals surface area contributed by atoms with Gasteiger partial charge in [0.25, 0.3) is 0 Å². The Balaban J connectivity index is 0.000000339. The number of hydrogen-bond acceptors (Lipinski definition) is 7. The standard InChI is InChI=1S/C15H22N6O3.C2HF3O2/c1-24-7-12-19-18-11-6-20(2-3-21(11)12)14(23)10-5-17-13(22)4-15(10)8-16-9-15;3-2(4,5)1(6)7/h10,16H,2-9H2,1H3,(H,17,22);(H,6,7). The zero-order valence-electron chi connectivity index (χ0n) is 16.7. The molecule has 1 spiro atoms. The van der Waals surface area contributed by atoms with Crippen molar-refractivity contribution in [3.8, 4) is 0 Å². The molecule has 0 saturated carbocycles. The average molecular weight is 448 g/mol. The SMILES string of the molecule is COCc1nnc2n1CCN(C(=O)C1CNC(=O)CC13CNC3)C2.O=C(O)C(F)(F)F. The number of carbonyl (C=O) groups excluding carboxylic acids is 2. The molecule has 4 heterocycles. The van der Waals surface area contributed by atoms with E-state index in [1.165, 1.54) is 0 Å². The number of carboxylic acid groups (broad SMARTS) is 1. The second-order valence-corrected chi connectivity index (χ2v) is 7.68. The summed E-state index contributed by atoms with van der Waals surface area (Å²) in [5, 5.41) is 21.5. The van der Waals surface area contributed by atoms with Crippen molar-refractivity contribution in [3.63, 3.8) is 0 Å². The van der Waals surface area contributed by atoms with Crippen molar-refractivity contribution in [2.24, 2.45) is 11.3 Å². The summed E-state index contributed by atoms with van der Waals surface area (Å²) in [4.78, 5) is 35.6. The third-order valence-electron chi connectivity index (χ3n) is 5.66. The molecule has 1 aromatic heterocycles. The average Bonchev–Trinajstić information content (AvgIpc) is 3.08. The summed E-state index contributed by atoms with van der Waals surface area (Å²) in [5.74, 6) is -1.18. The number of carbonyl (C=O) groups is 3. The summed E-state index contributed by atoms with van der Waals surface area (Å²) in [7, 11) is 1.63. The second kappa shape index (κ2) is 8.78. The van der Waals surface area contributed by atoms with Crippen LogP contribution in [0.15, 0.2) is 0 Å². The molecule has 3 N–H and O–H groups in total. The molecular weight excluding hydrogens is 425 g/mol. The number of ether oxygens (including phenoxy) is 1. The predicted octanol–water partition coefficient (Wildman–Crippen LogP) is -0.874. The predicted molar refractivity (Wildman–Crippen MR) is 96.3 cm³/mol. The van der Waals surface area contributed by atoms with Gasteiger partial charge < -0.3 is 29.9 Å². The number of halogens is 3. The first kappa shape index (κ1) is 22.9. The highest BCUT2D eigenvalue weighted by molar-refractivity contribution is 5.86. The van der Waals surface area contributed by atoms with E-state index < -0.39 is 12.1 Å². The van der Waals surface area contributed by atoms with Gasteiger partial charge in [-0.25, -0.2) is 4.79 Å². The summed E-state index contributed by atoms with van der Waals surface area (Å²) in [5.41, 5.74) is -0.217. The van der Waals surface area contributed by atoms with Gasteiger partial charge in [-0.3, -0.25) is 9.59 Å². The van der Waals surface area contributed by atoms with Crippen LogP contribution in [0.1, 0.15) is 18.1 Å². The zero-order valence-corrected chi connectivity index (χ0v) is 16.7. The highest BCUT2D eigenvalue weighted by Gasteiger charge is 2.52. The Bertz CT molecular complexity index is 854. The Labute approximate surface area is 174 Å². The Morgan fingerprint density at radius 3 is 2.52 bits per heavy atom. The van der Waals surface area contributed by atoms with Crippen LogP contribution in [0.5, 0.6) is 0 Å². The van der Waals surface area contributed by atoms with Gasteiger partial charge >= 0.3 is 12.1 Å². The van der Waals surface area contributed by atoms with E-state index in [1.807, 2.05) is 9.47 Å². The van der Waals surface area contributed by atoms with E-state index in [9.17, 15) is 22.8 Å². The van der Waals surface area contributed by atoms with Crippen LogP contribution in [-0.2, 0) is 38.8 Å². The van der Waals surface area contributed by atoms with E-state index >= 15 is 0 Å². The molecule has 0 aromatic carbocycles. The quantitative estimate of drug-likeness (QED) is 0.542. The van der Waals surface area contributed by atoms with Crippen molar-refractivity contribution in [2.45, 2.75) is 32.3 Å². The third kappa shape index (κ3) is 4.79. The van der Waals surface area contributed by atoms with Crippen molar-refractivity contribution in [2.75, 3.05) is 33.3 Å². The number of amides is 2. The van der Waals surface area contributed by atoms with Crippen LogP contribution in [0.3, 0.4) is 0 Å². The molecule has 1 unspecified atom stereocenters.